The van der Waals surface area contributed by atoms with Crippen LogP contribution < -0.4 is 5.32 Å². The van der Waals surface area contributed by atoms with Gasteiger partial charge in [-0.1, -0.05) is 12.1 Å². The highest BCUT2D eigenvalue weighted by atomic mass is 19.1. The van der Waals surface area contributed by atoms with Crippen LogP contribution in [0.2, 0.25) is 0 Å². The number of carbonyl (C=O) groups is 2. The van der Waals surface area contributed by atoms with Gasteiger partial charge < -0.3 is 10.1 Å². The summed E-state index contributed by atoms with van der Waals surface area (Å²) in [6, 6.07) is 14.1. The third kappa shape index (κ3) is 4.13. The van der Waals surface area contributed by atoms with Crippen LogP contribution in [-0.4, -0.2) is 29.2 Å². The molecular formula is C19H16FN3O3. The van der Waals surface area contributed by atoms with E-state index in [0.717, 1.165) is 11.3 Å². The van der Waals surface area contributed by atoms with Crippen molar-refractivity contribution in [3.8, 4) is 0 Å². The van der Waals surface area contributed by atoms with Gasteiger partial charge in [-0.05, 0) is 48.0 Å². The SMILES string of the molecule is COC(=O)c1ccc(NC(=O)c2cc(Cc3ccc(F)cc3)[nH]n2)cc1. The number of amides is 1. The second kappa shape index (κ2) is 7.60. The lowest BCUT2D eigenvalue weighted by Crippen LogP contribution is -2.12. The van der Waals surface area contributed by atoms with Gasteiger partial charge in [-0.2, -0.15) is 5.10 Å². The molecule has 2 aromatic carbocycles. The molecule has 132 valence electrons. The van der Waals surface area contributed by atoms with Crippen molar-refractivity contribution < 1.29 is 18.7 Å². The summed E-state index contributed by atoms with van der Waals surface area (Å²) in [6.07, 6.45) is 0.508. The number of ether oxygens (including phenoxy) is 1. The monoisotopic (exact) mass is 353 g/mol. The molecule has 3 aromatic rings. The molecule has 1 aromatic heterocycles. The number of carbonyl (C=O) groups excluding carboxylic acids is 2. The van der Waals surface area contributed by atoms with Crippen LogP contribution in [0.5, 0.6) is 0 Å². The largest absolute Gasteiger partial charge is 0.465 e. The molecule has 0 saturated heterocycles. The average molecular weight is 353 g/mol. The Bertz CT molecular complexity index is 918. The lowest BCUT2D eigenvalue weighted by Gasteiger charge is -2.04. The van der Waals surface area contributed by atoms with E-state index in [9.17, 15) is 14.0 Å². The van der Waals surface area contributed by atoms with E-state index in [-0.39, 0.29) is 17.4 Å². The fourth-order valence-corrected chi connectivity index (χ4v) is 2.39. The number of rotatable bonds is 5. The second-order valence-electron chi connectivity index (χ2n) is 5.60. The van der Waals surface area contributed by atoms with Crippen LogP contribution in [0.1, 0.15) is 32.1 Å². The number of H-pyrrole nitrogens is 1. The van der Waals surface area contributed by atoms with Gasteiger partial charge in [0.25, 0.3) is 5.91 Å². The highest BCUT2D eigenvalue weighted by Gasteiger charge is 2.12. The zero-order chi connectivity index (χ0) is 18.5. The quantitative estimate of drug-likeness (QED) is 0.690. The molecule has 2 N–H and O–H groups in total. The standard InChI is InChI=1S/C19H16FN3O3/c1-26-19(25)13-4-8-15(9-5-13)21-18(24)17-11-16(22-23-17)10-12-2-6-14(20)7-3-12/h2-9,11H,10H2,1H3,(H,21,24)(H,22,23). The molecule has 0 aliphatic heterocycles. The van der Waals surface area contributed by atoms with Crippen molar-refractivity contribution in [2.24, 2.45) is 0 Å². The molecule has 0 aliphatic rings. The molecule has 0 bridgehead atoms. The van der Waals surface area contributed by atoms with Crippen LogP contribution in [0.25, 0.3) is 0 Å². The summed E-state index contributed by atoms with van der Waals surface area (Å²) in [5, 5.41) is 9.51. The van der Waals surface area contributed by atoms with Gasteiger partial charge in [0.15, 0.2) is 5.69 Å². The number of methoxy groups -OCH3 is 1. The summed E-state index contributed by atoms with van der Waals surface area (Å²) in [7, 11) is 1.30. The van der Waals surface area contributed by atoms with E-state index in [4.69, 9.17) is 0 Å². The Morgan fingerprint density at radius 3 is 2.46 bits per heavy atom. The number of aromatic nitrogens is 2. The molecule has 6 nitrogen and oxygen atoms in total. The lowest BCUT2D eigenvalue weighted by molar-refractivity contribution is 0.0600. The van der Waals surface area contributed by atoms with Crippen LogP contribution in [0.15, 0.2) is 54.6 Å². The van der Waals surface area contributed by atoms with Crippen LogP contribution in [-0.2, 0) is 11.2 Å². The first-order valence-electron chi connectivity index (χ1n) is 7.83. The predicted molar refractivity (Wildman–Crippen MR) is 93.5 cm³/mol. The van der Waals surface area contributed by atoms with E-state index in [2.05, 4.69) is 20.3 Å². The molecular weight excluding hydrogens is 337 g/mol. The van der Waals surface area contributed by atoms with Gasteiger partial charge in [0.1, 0.15) is 5.82 Å². The van der Waals surface area contributed by atoms with Crippen molar-refractivity contribution in [1.29, 1.82) is 0 Å². The first-order valence-corrected chi connectivity index (χ1v) is 7.83. The molecule has 1 amide bonds. The van der Waals surface area contributed by atoms with E-state index in [1.165, 1.54) is 19.2 Å². The van der Waals surface area contributed by atoms with Gasteiger partial charge in [0, 0.05) is 17.8 Å². The predicted octanol–water partition coefficient (Wildman–Crippen LogP) is 3.18. The molecule has 0 unspecified atom stereocenters. The number of nitrogens with one attached hydrogen (secondary N) is 2. The molecule has 0 spiro atoms. The van der Waals surface area contributed by atoms with Gasteiger partial charge in [-0.15, -0.1) is 0 Å². The van der Waals surface area contributed by atoms with Crippen LogP contribution in [0.4, 0.5) is 10.1 Å². The van der Waals surface area contributed by atoms with Gasteiger partial charge in [-0.25, -0.2) is 9.18 Å². The highest BCUT2D eigenvalue weighted by molar-refractivity contribution is 6.03. The van der Waals surface area contributed by atoms with Crippen molar-refractivity contribution in [1.82, 2.24) is 10.2 Å². The summed E-state index contributed by atoms with van der Waals surface area (Å²) >= 11 is 0. The molecule has 26 heavy (non-hydrogen) atoms. The van der Waals surface area contributed by atoms with Gasteiger partial charge in [-0.3, -0.25) is 9.89 Å². The molecule has 1 heterocycles. The number of esters is 1. The third-order valence-electron chi connectivity index (χ3n) is 3.74. The minimum Gasteiger partial charge on any atom is -0.465 e. The Labute approximate surface area is 149 Å². The van der Waals surface area contributed by atoms with E-state index >= 15 is 0 Å². The minimum absolute atomic E-state index is 0.235. The zero-order valence-corrected chi connectivity index (χ0v) is 14.0. The van der Waals surface area contributed by atoms with Crippen LogP contribution >= 0.6 is 0 Å². The summed E-state index contributed by atoms with van der Waals surface area (Å²) in [6.45, 7) is 0. The summed E-state index contributed by atoms with van der Waals surface area (Å²) in [5.74, 6) is -1.12. The maximum absolute atomic E-state index is 12.9. The highest BCUT2D eigenvalue weighted by Crippen LogP contribution is 2.13. The summed E-state index contributed by atoms with van der Waals surface area (Å²) < 4.78 is 17.6. The molecule has 0 atom stereocenters. The van der Waals surface area contributed by atoms with Crippen LogP contribution in [0, 0.1) is 5.82 Å². The van der Waals surface area contributed by atoms with Gasteiger partial charge >= 0.3 is 5.97 Å². The van der Waals surface area contributed by atoms with E-state index in [1.807, 2.05) is 0 Å². The van der Waals surface area contributed by atoms with Crippen molar-refractivity contribution in [3.63, 3.8) is 0 Å². The molecule has 0 radical (unpaired) electrons. The average Bonchev–Trinajstić information content (AvgIpc) is 3.12. The number of anilines is 1. The molecule has 0 saturated carbocycles. The number of benzene rings is 2. The van der Waals surface area contributed by atoms with Crippen molar-refractivity contribution in [3.05, 3.63) is 82.9 Å². The normalized spacial score (nSPS) is 10.4. The molecule has 7 heteroatoms. The number of nitrogens with zero attached hydrogens (tertiary/aromatic N) is 1. The summed E-state index contributed by atoms with van der Waals surface area (Å²) in [4.78, 5) is 23.7. The number of hydrogen-bond donors (Lipinski definition) is 2. The first kappa shape index (κ1) is 17.3. The second-order valence-corrected chi connectivity index (χ2v) is 5.60. The van der Waals surface area contributed by atoms with E-state index in [0.29, 0.717) is 17.7 Å². The zero-order valence-electron chi connectivity index (χ0n) is 14.0. The van der Waals surface area contributed by atoms with Gasteiger partial charge in [0.2, 0.25) is 0 Å². The Balaban J connectivity index is 1.64. The lowest BCUT2D eigenvalue weighted by atomic mass is 10.1. The van der Waals surface area contributed by atoms with E-state index < -0.39 is 5.97 Å². The Morgan fingerprint density at radius 2 is 1.81 bits per heavy atom. The minimum atomic E-state index is -0.444. The number of halogens is 1. The maximum Gasteiger partial charge on any atom is 0.337 e. The first-order chi connectivity index (χ1) is 12.5. The van der Waals surface area contributed by atoms with Crippen molar-refractivity contribution in [2.45, 2.75) is 6.42 Å². The van der Waals surface area contributed by atoms with Crippen LogP contribution in [0.3, 0.4) is 0 Å². The van der Waals surface area contributed by atoms with Crippen molar-refractivity contribution in [2.75, 3.05) is 12.4 Å². The topological polar surface area (TPSA) is 84.1 Å². The fourth-order valence-electron chi connectivity index (χ4n) is 2.39. The number of hydrogen-bond acceptors (Lipinski definition) is 4. The number of aromatic amines is 1. The Hall–Kier alpha value is -3.48. The van der Waals surface area contributed by atoms with Crippen molar-refractivity contribution >= 4 is 17.6 Å². The fraction of sp³-hybridized carbons (Fsp3) is 0.105. The smallest absolute Gasteiger partial charge is 0.337 e. The third-order valence-corrected chi connectivity index (χ3v) is 3.74. The molecule has 0 fully saturated rings. The Morgan fingerprint density at radius 1 is 1.12 bits per heavy atom. The molecule has 0 aliphatic carbocycles. The Kier molecular flexibility index (Phi) is 5.07. The summed E-state index contributed by atoms with van der Waals surface area (Å²) in [5.41, 5.74) is 2.81. The van der Waals surface area contributed by atoms with E-state index in [1.54, 1.807) is 42.5 Å². The van der Waals surface area contributed by atoms with Gasteiger partial charge in [0.05, 0.1) is 12.7 Å². The maximum atomic E-state index is 12.9. The molecule has 3 rings (SSSR count).